The van der Waals surface area contributed by atoms with Gasteiger partial charge in [0.25, 0.3) is 11.8 Å². The van der Waals surface area contributed by atoms with Crippen LogP contribution >= 0.6 is 0 Å². The van der Waals surface area contributed by atoms with Crippen molar-refractivity contribution >= 4 is 27.5 Å². The van der Waals surface area contributed by atoms with Crippen LogP contribution in [-0.4, -0.2) is 43.7 Å². The van der Waals surface area contributed by atoms with Crippen molar-refractivity contribution in [2.24, 2.45) is 0 Å². The van der Waals surface area contributed by atoms with Crippen LogP contribution in [0.15, 0.2) is 47.4 Å². The number of aryl methyl sites for hydroxylation is 1. The molecule has 0 aliphatic carbocycles. The fourth-order valence-corrected chi connectivity index (χ4v) is 5.24. The molecule has 1 saturated heterocycles. The molecule has 0 bridgehead atoms. The molecule has 3 rings (SSSR count). The highest BCUT2D eigenvalue weighted by Gasteiger charge is 2.29. The van der Waals surface area contributed by atoms with Gasteiger partial charge in [-0.3, -0.25) is 9.59 Å². The fourth-order valence-electron chi connectivity index (χ4n) is 3.48. The van der Waals surface area contributed by atoms with Crippen molar-refractivity contribution in [1.82, 2.24) is 9.62 Å². The Morgan fingerprint density at radius 2 is 1.74 bits per heavy atom. The number of benzene rings is 2. The molecule has 0 spiro atoms. The quantitative estimate of drug-likeness (QED) is 0.684. The van der Waals surface area contributed by atoms with E-state index >= 15 is 0 Å². The van der Waals surface area contributed by atoms with E-state index in [1.807, 2.05) is 13.8 Å². The van der Waals surface area contributed by atoms with Crippen LogP contribution in [0.1, 0.15) is 59.4 Å². The second-order valence-electron chi connectivity index (χ2n) is 7.87. The Bertz CT molecular complexity index is 1080. The molecule has 0 aromatic heterocycles. The number of carbonyl (C=O) groups excluding carboxylic acids is 2. The highest BCUT2D eigenvalue weighted by atomic mass is 32.2. The number of hydrogen-bond donors (Lipinski definition) is 2. The molecule has 2 aromatic carbocycles. The molecular formula is C23H29N3O4S. The van der Waals surface area contributed by atoms with E-state index in [9.17, 15) is 18.0 Å². The minimum Gasteiger partial charge on any atom is -0.350 e. The lowest BCUT2D eigenvalue weighted by molar-refractivity contribution is 0.0940. The predicted molar refractivity (Wildman–Crippen MR) is 121 cm³/mol. The van der Waals surface area contributed by atoms with E-state index in [-0.39, 0.29) is 22.4 Å². The molecule has 1 heterocycles. The summed E-state index contributed by atoms with van der Waals surface area (Å²) < 4.78 is 27.5. The maximum atomic E-state index is 13.0. The van der Waals surface area contributed by atoms with Gasteiger partial charge in [0.15, 0.2) is 0 Å². The molecule has 1 atom stereocenters. The van der Waals surface area contributed by atoms with Crippen molar-refractivity contribution < 1.29 is 18.0 Å². The Morgan fingerprint density at radius 1 is 1.06 bits per heavy atom. The van der Waals surface area contributed by atoms with Crippen LogP contribution in [0.25, 0.3) is 0 Å². The van der Waals surface area contributed by atoms with E-state index < -0.39 is 15.9 Å². The Morgan fingerprint density at radius 3 is 2.42 bits per heavy atom. The maximum Gasteiger partial charge on any atom is 0.255 e. The first-order valence-electron chi connectivity index (χ1n) is 10.6. The molecule has 2 N–H and O–H groups in total. The Hall–Kier alpha value is -2.71. The number of nitrogens with zero attached hydrogens (tertiary/aromatic N) is 1. The van der Waals surface area contributed by atoms with Gasteiger partial charge in [-0.05, 0) is 62.9 Å². The van der Waals surface area contributed by atoms with Gasteiger partial charge in [-0.2, -0.15) is 4.31 Å². The van der Waals surface area contributed by atoms with Crippen molar-refractivity contribution in [3.63, 3.8) is 0 Å². The number of carbonyl (C=O) groups is 2. The second kappa shape index (κ2) is 9.62. The average molecular weight is 444 g/mol. The summed E-state index contributed by atoms with van der Waals surface area (Å²) in [6.45, 7) is 6.60. The molecule has 8 heteroatoms. The molecular weight excluding hydrogens is 414 g/mol. The van der Waals surface area contributed by atoms with Crippen LogP contribution < -0.4 is 10.6 Å². The zero-order chi connectivity index (χ0) is 22.6. The minimum absolute atomic E-state index is 0.00621. The van der Waals surface area contributed by atoms with Gasteiger partial charge in [0.1, 0.15) is 0 Å². The first-order chi connectivity index (χ1) is 14.7. The third-order valence-corrected chi connectivity index (χ3v) is 7.58. The molecule has 0 saturated carbocycles. The van der Waals surface area contributed by atoms with Crippen LogP contribution in [0, 0.1) is 6.92 Å². The first kappa shape index (κ1) is 23.0. The smallest absolute Gasteiger partial charge is 0.255 e. The van der Waals surface area contributed by atoms with Gasteiger partial charge < -0.3 is 10.6 Å². The van der Waals surface area contributed by atoms with Crippen molar-refractivity contribution in [2.75, 3.05) is 18.4 Å². The van der Waals surface area contributed by atoms with Crippen LogP contribution in [0.4, 0.5) is 5.69 Å². The summed E-state index contributed by atoms with van der Waals surface area (Å²) in [7, 11) is -3.65. The first-order valence-corrected chi connectivity index (χ1v) is 12.0. The van der Waals surface area contributed by atoms with Crippen LogP contribution in [-0.2, 0) is 10.0 Å². The summed E-state index contributed by atoms with van der Waals surface area (Å²) in [6.07, 6.45) is 2.47. The lowest BCUT2D eigenvalue weighted by Gasteiger charge is -2.18. The zero-order valence-corrected chi connectivity index (χ0v) is 19.0. The molecule has 0 unspecified atom stereocenters. The molecule has 7 nitrogen and oxygen atoms in total. The lowest BCUT2D eigenvalue weighted by Crippen LogP contribution is -2.32. The largest absolute Gasteiger partial charge is 0.350 e. The molecule has 1 aliphatic rings. The topological polar surface area (TPSA) is 95.6 Å². The third kappa shape index (κ3) is 5.14. The van der Waals surface area contributed by atoms with E-state index in [0.29, 0.717) is 29.9 Å². The summed E-state index contributed by atoms with van der Waals surface area (Å²) in [4.78, 5) is 25.7. The van der Waals surface area contributed by atoms with Crippen LogP contribution in [0.3, 0.4) is 0 Å². The van der Waals surface area contributed by atoms with E-state index in [0.717, 1.165) is 19.3 Å². The summed E-state index contributed by atoms with van der Waals surface area (Å²) >= 11 is 0. The van der Waals surface area contributed by atoms with Crippen LogP contribution in [0.5, 0.6) is 0 Å². The van der Waals surface area contributed by atoms with Gasteiger partial charge in [-0.15, -0.1) is 0 Å². The number of anilines is 1. The van der Waals surface area contributed by atoms with Gasteiger partial charge in [0, 0.05) is 24.7 Å². The summed E-state index contributed by atoms with van der Waals surface area (Å²) in [5.74, 6) is -0.742. The normalized spacial score (nSPS) is 15.5. The van der Waals surface area contributed by atoms with Crippen molar-refractivity contribution in [2.45, 2.75) is 51.0 Å². The number of nitrogens with one attached hydrogen (secondary N) is 2. The molecule has 0 radical (unpaired) electrons. The van der Waals surface area contributed by atoms with Gasteiger partial charge in [0.2, 0.25) is 10.0 Å². The standard InChI is InChI=1S/C23H29N3O4S/c1-4-17(3)24-23(28)19-9-5-6-10-20(19)25-22(27)18-12-11-16(2)21(15-18)31(29,30)26-13-7-8-14-26/h5-6,9-12,15,17H,4,7-8,13-14H2,1-3H3,(H,24,28)(H,25,27)/t17-/m0/s1. The Kier molecular flexibility index (Phi) is 7.12. The summed E-state index contributed by atoms with van der Waals surface area (Å²) in [5.41, 5.74) is 1.54. The number of hydrogen-bond acceptors (Lipinski definition) is 4. The highest BCUT2D eigenvalue weighted by Crippen LogP contribution is 2.25. The Labute approximate surface area is 183 Å². The third-order valence-electron chi connectivity index (χ3n) is 5.54. The number of para-hydroxylation sites is 1. The molecule has 1 aliphatic heterocycles. The molecule has 166 valence electrons. The van der Waals surface area contributed by atoms with Gasteiger partial charge in [0.05, 0.1) is 16.1 Å². The lowest BCUT2D eigenvalue weighted by atomic mass is 10.1. The summed E-state index contributed by atoms with van der Waals surface area (Å²) in [5, 5.41) is 5.65. The van der Waals surface area contributed by atoms with Gasteiger partial charge >= 0.3 is 0 Å². The fraction of sp³-hybridized carbons (Fsp3) is 0.391. The number of amides is 2. The van der Waals surface area contributed by atoms with E-state index in [1.165, 1.54) is 10.4 Å². The van der Waals surface area contributed by atoms with E-state index in [1.54, 1.807) is 43.3 Å². The van der Waals surface area contributed by atoms with Crippen molar-refractivity contribution in [3.8, 4) is 0 Å². The number of sulfonamides is 1. The van der Waals surface area contributed by atoms with Crippen LogP contribution in [0.2, 0.25) is 0 Å². The van der Waals surface area contributed by atoms with Crippen molar-refractivity contribution in [1.29, 1.82) is 0 Å². The zero-order valence-electron chi connectivity index (χ0n) is 18.1. The predicted octanol–water partition coefficient (Wildman–Crippen LogP) is 3.56. The summed E-state index contributed by atoms with van der Waals surface area (Å²) in [6, 6.07) is 11.4. The minimum atomic E-state index is -3.65. The molecule has 2 amide bonds. The van der Waals surface area contributed by atoms with E-state index in [4.69, 9.17) is 0 Å². The molecule has 2 aromatic rings. The SMILES string of the molecule is CC[C@H](C)NC(=O)c1ccccc1NC(=O)c1ccc(C)c(S(=O)(=O)N2CCCC2)c1. The van der Waals surface area contributed by atoms with E-state index in [2.05, 4.69) is 10.6 Å². The Balaban J connectivity index is 1.86. The number of rotatable bonds is 7. The van der Waals surface area contributed by atoms with Gasteiger partial charge in [-0.25, -0.2) is 8.42 Å². The highest BCUT2D eigenvalue weighted by molar-refractivity contribution is 7.89. The average Bonchev–Trinajstić information content (AvgIpc) is 3.30. The van der Waals surface area contributed by atoms with Gasteiger partial charge in [-0.1, -0.05) is 25.1 Å². The molecule has 1 fully saturated rings. The van der Waals surface area contributed by atoms with Crippen molar-refractivity contribution in [3.05, 3.63) is 59.2 Å². The maximum absolute atomic E-state index is 13.0. The molecule has 31 heavy (non-hydrogen) atoms. The second-order valence-corrected chi connectivity index (χ2v) is 9.78. The monoisotopic (exact) mass is 443 g/mol.